The number of benzene rings is 4. The highest BCUT2D eigenvalue weighted by atomic mass is 35.5. The van der Waals surface area contributed by atoms with Gasteiger partial charge in [0.2, 0.25) is 5.91 Å². The zero-order chi connectivity index (χ0) is 29.7. The van der Waals surface area contributed by atoms with Gasteiger partial charge in [0, 0.05) is 28.5 Å². The van der Waals surface area contributed by atoms with Gasteiger partial charge >= 0.3 is 0 Å². The number of carbonyl (C=O) groups is 2. The Hall–Kier alpha value is -3.99. The van der Waals surface area contributed by atoms with Crippen molar-refractivity contribution >= 4 is 56.6 Å². The third kappa shape index (κ3) is 7.07. The first-order chi connectivity index (χ1) is 20.2. The highest BCUT2D eigenvalue weighted by Gasteiger charge is 2.32. The molecule has 8 nitrogen and oxygen atoms in total. The Kier molecular flexibility index (Phi) is 9.06. The van der Waals surface area contributed by atoms with E-state index in [4.69, 9.17) is 16.3 Å². The van der Waals surface area contributed by atoms with Crippen LogP contribution in [-0.2, 0) is 21.4 Å². The number of rotatable bonds is 10. The number of nitrogens with one attached hydrogen (secondary N) is 2. The van der Waals surface area contributed by atoms with Gasteiger partial charge in [-0.3, -0.25) is 14.3 Å². The molecule has 5 rings (SSSR count). The normalized spacial score (nSPS) is 15.0. The molecule has 0 spiro atoms. The lowest BCUT2D eigenvalue weighted by Gasteiger charge is -2.24. The highest BCUT2D eigenvalue weighted by molar-refractivity contribution is 8.00. The number of hydrogen-bond donors (Lipinski definition) is 2. The van der Waals surface area contributed by atoms with E-state index in [9.17, 15) is 18.0 Å². The van der Waals surface area contributed by atoms with Crippen LogP contribution in [0.2, 0.25) is 5.02 Å². The molecule has 0 radical (unpaired) electrons. The van der Waals surface area contributed by atoms with Gasteiger partial charge in [0.25, 0.3) is 15.9 Å². The van der Waals surface area contributed by atoms with Crippen molar-refractivity contribution in [1.29, 1.82) is 0 Å². The number of carbonyl (C=O) groups excluding carboxylic acids is 2. The van der Waals surface area contributed by atoms with E-state index in [-0.39, 0.29) is 22.1 Å². The van der Waals surface area contributed by atoms with E-state index in [1.807, 2.05) is 36.1 Å². The van der Waals surface area contributed by atoms with Gasteiger partial charge in [-0.1, -0.05) is 35.9 Å². The summed E-state index contributed by atoms with van der Waals surface area (Å²) in [5.41, 5.74) is 3.21. The van der Waals surface area contributed by atoms with Gasteiger partial charge in [-0.2, -0.15) is 0 Å². The van der Waals surface area contributed by atoms with E-state index >= 15 is 0 Å². The van der Waals surface area contributed by atoms with E-state index in [0.717, 1.165) is 11.1 Å². The molecule has 0 aliphatic carbocycles. The SMILES string of the molecule is CCOc1ccc(NS(=O)(=O)c2ccc(NC(=O)c3ccc([C@@H]4SCC(=O)N4Cc4ccc(Cl)cc4)cc3)cc2)cc1. The number of anilines is 2. The van der Waals surface area contributed by atoms with Crippen molar-refractivity contribution in [2.45, 2.75) is 23.7 Å². The fourth-order valence-corrected chi connectivity index (χ4v) is 6.78. The number of amides is 2. The fraction of sp³-hybridized carbons (Fsp3) is 0.161. The van der Waals surface area contributed by atoms with Gasteiger partial charge in [-0.15, -0.1) is 11.8 Å². The Bertz CT molecular complexity index is 1660. The van der Waals surface area contributed by atoms with Gasteiger partial charge in [0.15, 0.2) is 0 Å². The van der Waals surface area contributed by atoms with Crippen LogP contribution in [0.1, 0.15) is 33.8 Å². The molecular formula is C31H28ClN3O5S2. The van der Waals surface area contributed by atoms with Crippen LogP contribution in [0.5, 0.6) is 5.75 Å². The molecule has 0 saturated carbocycles. The van der Waals surface area contributed by atoms with E-state index in [2.05, 4.69) is 10.0 Å². The minimum Gasteiger partial charge on any atom is -0.494 e. The van der Waals surface area contributed by atoms with Crippen molar-refractivity contribution in [1.82, 2.24) is 4.90 Å². The molecule has 4 aromatic carbocycles. The molecule has 1 aliphatic heterocycles. The summed E-state index contributed by atoms with van der Waals surface area (Å²) in [7, 11) is -3.82. The molecular weight excluding hydrogens is 594 g/mol. The van der Waals surface area contributed by atoms with Crippen molar-refractivity contribution in [3.05, 3.63) is 119 Å². The van der Waals surface area contributed by atoms with E-state index in [1.54, 1.807) is 60.3 Å². The van der Waals surface area contributed by atoms with Crippen LogP contribution >= 0.6 is 23.4 Å². The van der Waals surface area contributed by atoms with Crippen LogP contribution in [0.3, 0.4) is 0 Å². The number of thioether (sulfide) groups is 1. The standard InChI is InChI=1S/C31H28ClN3O5S2/c1-2-40-27-15-11-26(12-16-27)34-42(38,39)28-17-13-25(14-18-28)33-30(37)22-5-7-23(8-6-22)31-35(29(36)20-41-31)19-21-3-9-24(32)10-4-21/h3-18,31,34H,2,19-20H2,1H3,(H,33,37)/t31-/m0/s1. The first kappa shape index (κ1) is 29.5. The average Bonchev–Trinajstić information content (AvgIpc) is 3.35. The molecule has 42 heavy (non-hydrogen) atoms. The summed E-state index contributed by atoms with van der Waals surface area (Å²) in [5, 5.41) is 3.28. The molecule has 11 heteroatoms. The second kappa shape index (κ2) is 12.9. The van der Waals surface area contributed by atoms with Gasteiger partial charge in [0.05, 0.1) is 17.3 Å². The summed E-state index contributed by atoms with van der Waals surface area (Å²) in [5.74, 6) is 0.764. The van der Waals surface area contributed by atoms with Crippen LogP contribution in [-0.4, -0.2) is 37.5 Å². The largest absolute Gasteiger partial charge is 0.494 e. The molecule has 1 aliphatic rings. The molecule has 216 valence electrons. The summed E-state index contributed by atoms with van der Waals surface area (Å²) >= 11 is 7.54. The Morgan fingerprint density at radius 1 is 0.929 bits per heavy atom. The average molecular weight is 622 g/mol. The smallest absolute Gasteiger partial charge is 0.261 e. The first-order valence-electron chi connectivity index (χ1n) is 13.1. The molecule has 1 saturated heterocycles. The predicted molar refractivity (Wildman–Crippen MR) is 166 cm³/mol. The van der Waals surface area contributed by atoms with E-state index in [0.29, 0.717) is 46.6 Å². The molecule has 0 bridgehead atoms. The molecule has 1 fully saturated rings. The maximum absolute atomic E-state index is 12.9. The Morgan fingerprint density at radius 2 is 1.57 bits per heavy atom. The van der Waals surface area contributed by atoms with Crippen LogP contribution in [0.15, 0.2) is 102 Å². The van der Waals surface area contributed by atoms with Gasteiger partial charge < -0.3 is 15.0 Å². The quantitative estimate of drug-likeness (QED) is 0.208. The van der Waals surface area contributed by atoms with Gasteiger partial charge in [-0.25, -0.2) is 8.42 Å². The van der Waals surface area contributed by atoms with Crippen LogP contribution in [0, 0.1) is 0 Å². The summed E-state index contributed by atoms with van der Waals surface area (Å²) in [4.78, 5) is 27.4. The minimum atomic E-state index is -3.82. The van der Waals surface area contributed by atoms with Crippen LogP contribution in [0.25, 0.3) is 0 Å². The number of nitrogens with zero attached hydrogens (tertiary/aromatic N) is 1. The lowest BCUT2D eigenvalue weighted by atomic mass is 10.1. The van der Waals surface area contributed by atoms with Gasteiger partial charge in [-0.05, 0) is 90.8 Å². The maximum atomic E-state index is 12.9. The van der Waals surface area contributed by atoms with Gasteiger partial charge in [0.1, 0.15) is 11.1 Å². The highest BCUT2D eigenvalue weighted by Crippen LogP contribution is 2.39. The van der Waals surface area contributed by atoms with Crippen molar-refractivity contribution in [2.24, 2.45) is 0 Å². The Labute approximate surface area is 254 Å². The lowest BCUT2D eigenvalue weighted by molar-refractivity contribution is -0.128. The Morgan fingerprint density at radius 3 is 2.21 bits per heavy atom. The molecule has 0 aromatic heterocycles. The third-order valence-corrected chi connectivity index (χ3v) is 9.44. The zero-order valence-corrected chi connectivity index (χ0v) is 25.0. The second-order valence-electron chi connectivity index (χ2n) is 9.47. The topological polar surface area (TPSA) is 105 Å². The summed E-state index contributed by atoms with van der Waals surface area (Å²) < 4.78 is 33.5. The minimum absolute atomic E-state index is 0.0573. The molecule has 0 unspecified atom stereocenters. The monoisotopic (exact) mass is 621 g/mol. The lowest BCUT2D eigenvalue weighted by Crippen LogP contribution is -2.27. The van der Waals surface area contributed by atoms with Crippen molar-refractivity contribution in [3.8, 4) is 5.75 Å². The number of halogens is 1. The number of sulfonamides is 1. The van der Waals surface area contributed by atoms with Crippen molar-refractivity contribution in [3.63, 3.8) is 0 Å². The first-order valence-corrected chi connectivity index (χ1v) is 16.1. The summed E-state index contributed by atoms with van der Waals surface area (Å²) in [6.45, 7) is 2.86. The van der Waals surface area contributed by atoms with Crippen LogP contribution in [0.4, 0.5) is 11.4 Å². The van der Waals surface area contributed by atoms with E-state index in [1.165, 1.54) is 24.3 Å². The number of ether oxygens (including phenoxy) is 1. The fourth-order valence-electron chi connectivity index (χ4n) is 4.41. The summed E-state index contributed by atoms with van der Waals surface area (Å²) in [6.07, 6.45) is 0. The molecule has 2 amide bonds. The van der Waals surface area contributed by atoms with Crippen molar-refractivity contribution in [2.75, 3.05) is 22.4 Å². The zero-order valence-electron chi connectivity index (χ0n) is 22.6. The van der Waals surface area contributed by atoms with Crippen LogP contribution < -0.4 is 14.8 Å². The predicted octanol–water partition coefficient (Wildman–Crippen LogP) is 6.57. The van der Waals surface area contributed by atoms with Crippen molar-refractivity contribution < 1.29 is 22.7 Å². The third-order valence-electron chi connectivity index (χ3n) is 6.53. The maximum Gasteiger partial charge on any atom is 0.261 e. The molecule has 1 atom stereocenters. The molecule has 1 heterocycles. The molecule has 4 aromatic rings. The van der Waals surface area contributed by atoms with E-state index < -0.39 is 10.0 Å². The summed E-state index contributed by atoms with van der Waals surface area (Å²) in [6, 6.07) is 27.1. The number of hydrogen-bond acceptors (Lipinski definition) is 6. The molecule has 2 N–H and O–H groups in total. The second-order valence-corrected chi connectivity index (χ2v) is 12.7. The Balaban J connectivity index is 1.20.